The second-order valence-electron chi connectivity index (χ2n) is 6.81. The topological polar surface area (TPSA) is 47.4 Å². The molecule has 2 aromatic rings. The van der Waals surface area contributed by atoms with Gasteiger partial charge in [-0.25, -0.2) is 0 Å². The van der Waals surface area contributed by atoms with Crippen molar-refractivity contribution < 1.29 is 9.53 Å². The third kappa shape index (κ3) is 2.79. The van der Waals surface area contributed by atoms with Crippen LogP contribution in [0.2, 0.25) is 0 Å². The Morgan fingerprint density at radius 2 is 1.83 bits per heavy atom. The van der Waals surface area contributed by atoms with E-state index in [0.717, 1.165) is 31.4 Å². The van der Waals surface area contributed by atoms with Gasteiger partial charge in [-0.05, 0) is 50.8 Å². The van der Waals surface area contributed by atoms with Crippen molar-refractivity contribution in [1.82, 2.24) is 14.7 Å². The smallest absolute Gasteiger partial charge is 0.263 e. The zero-order valence-electron chi connectivity index (χ0n) is 13.9. The Kier molecular flexibility index (Phi) is 4.00. The Bertz CT molecular complexity index is 672. The van der Waals surface area contributed by atoms with Crippen LogP contribution in [0, 0.1) is 0 Å². The quantitative estimate of drug-likeness (QED) is 0.868. The van der Waals surface area contributed by atoms with Crippen molar-refractivity contribution in [3.63, 3.8) is 0 Å². The molecule has 2 aliphatic heterocycles. The van der Waals surface area contributed by atoms with Gasteiger partial charge in [0.05, 0.1) is 6.04 Å². The molecule has 5 heteroatoms. The van der Waals surface area contributed by atoms with E-state index in [2.05, 4.69) is 14.7 Å². The van der Waals surface area contributed by atoms with Crippen LogP contribution in [0.15, 0.2) is 48.8 Å². The summed E-state index contributed by atoms with van der Waals surface area (Å²) >= 11 is 0. The maximum Gasteiger partial charge on any atom is 0.263 e. The summed E-state index contributed by atoms with van der Waals surface area (Å²) in [6.45, 7) is 1.86. The summed E-state index contributed by atoms with van der Waals surface area (Å²) in [6.07, 6.45) is 7.57. The highest BCUT2D eigenvalue weighted by atomic mass is 16.5. The Labute approximate surface area is 142 Å². The van der Waals surface area contributed by atoms with Crippen LogP contribution in [0.1, 0.15) is 38.6 Å². The molecule has 3 atom stereocenters. The highest BCUT2D eigenvalue weighted by molar-refractivity contribution is 5.82. The molecule has 2 saturated heterocycles. The van der Waals surface area contributed by atoms with Crippen LogP contribution in [-0.4, -0.2) is 38.8 Å². The summed E-state index contributed by atoms with van der Waals surface area (Å²) in [5.74, 6) is 0.863. The Morgan fingerprint density at radius 1 is 1.12 bits per heavy atom. The summed E-state index contributed by atoms with van der Waals surface area (Å²) in [5.41, 5.74) is 0. The van der Waals surface area contributed by atoms with E-state index in [-0.39, 0.29) is 5.91 Å². The molecule has 0 radical (unpaired) electrons. The van der Waals surface area contributed by atoms with Crippen LogP contribution < -0.4 is 4.74 Å². The van der Waals surface area contributed by atoms with Gasteiger partial charge in [0.15, 0.2) is 6.10 Å². The Balaban J connectivity index is 1.44. The first-order chi connectivity index (χ1) is 11.7. The summed E-state index contributed by atoms with van der Waals surface area (Å²) in [7, 11) is 0. The second-order valence-corrected chi connectivity index (χ2v) is 6.81. The number of hydrogen-bond acceptors (Lipinski definition) is 3. The highest BCUT2D eigenvalue weighted by Gasteiger charge is 2.45. The molecule has 0 N–H and O–H groups in total. The molecule has 1 aromatic carbocycles. The summed E-state index contributed by atoms with van der Waals surface area (Å²) in [6, 6.07) is 12.6. The maximum atomic E-state index is 12.9. The summed E-state index contributed by atoms with van der Waals surface area (Å²) < 4.78 is 7.90. The normalized spacial score (nSPS) is 27.0. The minimum Gasteiger partial charge on any atom is -0.481 e. The van der Waals surface area contributed by atoms with E-state index >= 15 is 0 Å². The lowest BCUT2D eigenvalue weighted by Crippen LogP contribution is -2.51. The van der Waals surface area contributed by atoms with E-state index in [0.29, 0.717) is 18.1 Å². The average molecular weight is 325 g/mol. The van der Waals surface area contributed by atoms with Crippen molar-refractivity contribution in [1.29, 1.82) is 0 Å². The van der Waals surface area contributed by atoms with Gasteiger partial charge < -0.3 is 9.64 Å². The number of fused-ring (bicyclic) bond motifs is 2. The molecule has 2 fully saturated rings. The van der Waals surface area contributed by atoms with Crippen LogP contribution in [0.5, 0.6) is 5.75 Å². The first-order valence-corrected chi connectivity index (χ1v) is 8.75. The van der Waals surface area contributed by atoms with Crippen molar-refractivity contribution in [2.75, 3.05) is 0 Å². The van der Waals surface area contributed by atoms with E-state index in [9.17, 15) is 4.79 Å². The number of benzene rings is 1. The van der Waals surface area contributed by atoms with Gasteiger partial charge in [-0.1, -0.05) is 18.2 Å². The number of amides is 1. The molecular formula is C19H23N3O2. The van der Waals surface area contributed by atoms with E-state index in [4.69, 9.17) is 4.74 Å². The van der Waals surface area contributed by atoms with Gasteiger partial charge in [0.2, 0.25) is 0 Å². The van der Waals surface area contributed by atoms with E-state index in [1.54, 1.807) is 0 Å². The number of piperidine rings is 1. The number of ether oxygens (including phenoxy) is 1. The van der Waals surface area contributed by atoms with Gasteiger partial charge in [-0.15, -0.1) is 0 Å². The van der Waals surface area contributed by atoms with Gasteiger partial charge in [0.1, 0.15) is 5.75 Å². The Morgan fingerprint density at radius 3 is 2.46 bits per heavy atom. The van der Waals surface area contributed by atoms with Gasteiger partial charge in [-0.2, -0.15) is 5.10 Å². The summed E-state index contributed by atoms with van der Waals surface area (Å²) in [5, 5.41) is 4.39. The molecule has 5 nitrogen and oxygen atoms in total. The molecule has 3 heterocycles. The van der Waals surface area contributed by atoms with Crippen molar-refractivity contribution in [2.45, 2.75) is 56.8 Å². The van der Waals surface area contributed by atoms with E-state index < -0.39 is 6.10 Å². The third-order valence-electron chi connectivity index (χ3n) is 5.27. The molecule has 3 unspecified atom stereocenters. The van der Waals surface area contributed by atoms with Gasteiger partial charge in [0.25, 0.3) is 5.91 Å². The molecule has 4 rings (SSSR count). The first-order valence-electron chi connectivity index (χ1n) is 8.75. The highest BCUT2D eigenvalue weighted by Crippen LogP contribution is 2.41. The van der Waals surface area contributed by atoms with Crippen LogP contribution in [0.4, 0.5) is 0 Å². The van der Waals surface area contributed by atoms with Crippen molar-refractivity contribution in [2.24, 2.45) is 0 Å². The first kappa shape index (κ1) is 15.2. The molecule has 2 aliphatic rings. The molecule has 0 spiro atoms. The fraction of sp³-hybridized carbons (Fsp3) is 0.474. The lowest BCUT2D eigenvalue weighted by atomic mass is 9.97. The maximum absolute atomic E-state index is 12.9. The van der Waals surface area contributed by atoms with Crippen LogP contribution in [-0.2, 0) is 4.79 Å². The summed E-state index contributed by atoms with van der Waals surface area (Å²) in [4.78, 5) is 15.0. The van der Waals surface area contributed by atoms with E-state index in [1.165, 1.54) is 0 Å². The minimum absolute atomic E-state index is 0.116. The molecule has 1 aromatic heterocycles. The van der Waals surface area contributed by atoms with Crippen LogP contribution >= 0.6 is 0 Å². The molecule has 1 amide bonds. The van der Waals surface area contributed by atoms with Gasteiger partial charge >= 0.3 is 0 Å². The lowest BCUT2D eigenvalue weighted by molar-refractivity contribution is -0.143. The fourth-order valence-electron chi connectivity index (χ4n) is 4.18. The molecular weight excluding hydrogens is 302 g/mol. The monoisotopic (exact) mass is 325 g/mol. The second kappa shape index (κ2) is 6.30. The van der Waals surface area contributed by atoms with Crippen molar-refractivity contribution in [3.05, 3.63) is 48.8 Å². The zero-order chi connectivity index (χ0) is 16.5. The number of aromatic nitrogens is 2. The van der Waals surface area contributed by atoms with Gasteiger partial charge in [0, 0.05) is 24.5 Å². The molecule has 126 valence electrons. The van der Waals surface area contributed by atoms with Crippen molar-refractivity contribution >= 4 is 5.91 Å². The van der Waals surface area contributed by atoms with Crippen LogP contribution in [0.25, 0.3) is 0 Å². The van der Waals surface area contributed by atoms with E-state index in [1.807, 2.05) is 55.7 Å². The zero-order valence-corrected chi connectivity index (χ0v) is 13.9. The largest absolute Gasteiger partial charge is 0.481 e. The average Bonchev–Trinajstić information content (AvgIpc) is 3.22. The predicted octanol–water partition coefficient (Wildman–Crippen LogP) is 3.05. The SMILES string of the molecule is CC(Oc1ccccc1)C(=O)N1C2CCC1CC(n1cccn1)C2. The lowest BCUT2D eigenvalue weighted by Gasteiger charge is -2.40. The molecule has 0 saturated carbocycles. The predicted molar refractivity (Wildman–Crippen MR) is 90.7 cm³/mol. The standard InChI is InChI=1S/C19H23N3O2/c1-14(24-18-6-3-2-4-7-18)19(23)22-15-8-9-16(22)13-17(12-15)21-11-5-10-20-21/h2-7,10-11,14-17H,8-9,12-13H2,1H3. The van der Waals surface area contributed by atoms with Gasteiger partial charge in [-0.3, -0.25) is 9.48 Å². The number of nitrogens with zero attached hydrogens (tertiary/aromatic N) is 3. The van der Waals surface area contributed by atoms with Crippen molar-refractivity contribution in [3.8, 4) is 5.75 Å². The molecule has 0 aliphatic carbocycles. The number of hydrogen-bond donors (Lipinski definition) is 0. The molecule has 24 heavy (non-hydrogen) atoms. The fourth-order valence-corrected chi connectivity index (χ4v) is 4.18. The molecule has 2 bridgehead atoms. The van der Waals surface area contributed by atoms with Crippen LogP contribution in [0.3, 0.4) is 0 Å². The third-order valence-corrected chi connectivity index (χ3v) is 5.27. The minimum atomic E-state index is -0.447. The Hall–Kier alpha value is -2.30. The number of carbonyl (C=O) groups excluding carboxylic acids is 1. The number of para-hydroxylation sites is 1. The number of carbonyl (C=O) groups is 1. The number of rotatable bonds is 4.